The largest absolute Gasteiger partial charge is 0.489 e. The molecule has 0 spiro atoms. The fraction of sp³-hybridized carbons (Fsp3) is 0.158. The molecule has 0 saturated heterocycles. The quantitative estimate of drug-likeness (QED) is 0.604. The molecule has 1 aromatic heterocycles. The van der Waals surface area contributed by atoms with Crippen molar-refractivity contribution >= 4 is 23.2 Å². The molecule has 9 heteroatoms. The molecule has 28 heavy (non-hydrogen) atoms. The average molecular weight is 411 g/mol. The van der Waals surface area contributed by atoms with Gasteiger partial charge in [-0.15, -0.1) is 0 Å². The molecule has 1 N–H and O–H groups in total. The molecule has 0 aliphatic carbocycles. The zero-order valence-corrected chi connectivity index (χ0v) is 15.3. The first kappa shape index (κ1) is 19.8. The zero-order valence-electron chi connectivity index (χ0n) is 14.5. The highest BCUT2D eigenvalue weighted by atomic mass is 35.5. The molecule has 146 valence electrons. The number of hydrogen-bond acceptors (Lipinski definition) is 4. The molecule has 3 aromatic rings. The Morgan fingerprint density at radius 1 is 1.21 bits per heavy atom. The van der Waals surface area contributed by atoms with Crippen LogP contribution in [0.25, 0.3) is 0 Å². The number of anilines is 1. The number of amides is 1. The van der Waals surface area contributed by atoms with Crippen LogP contribution in [0.4, 0.5) is 18.9 Å². The Bertz CT molecular complexity index is 985. The third-order valence-electron chi connectivity index (χ3n) is 3.85. The molecule has 1 heterocycles. The molecule has 2 aromatic carbocycles. The van der Waals surface area contributed by atoms with Gasteiger partial charge in [0.15, 0.2) is 5.69 Å². The van der Waals surface area contributed by atoms with Crippen LogP contribution in [0.3, 0.4) is 0 Å². The SMILES string of the molecule is Cc1onc(C(=O)Nc2ccc(C(F)(F)F)cc2)c1COc1cccc(Cl)c1. The van der Waals surface area contributed by atoms with E-state index in [-0.39, 0.29) is 18.0 Å². The number of nitrogens with zero attached hydrogens (tertiary/aromatic N) is 1. The molecule has 0 unspecified atom stereocenters. The average Bonchev–Trinajstić information content (AvgIpc) is 3.00. The van der Waals surface area contributed by atoms with E-state index in [0.717, 1.165) is 24.3 Å². The maximum atomic E-state index is 12.6. The number of aromatic nitrogens is 1. The second kappa shape index (κ2) is 7.93. The Hall–Kier alpha value is -3.00. The predicted octanol–water partition coefficient (Wildman–Crippen LogP) is 5.49. The Labute approximate surface area is 163 Å². The van der Waals surface area contributed by atoms with Crippen molar-refractivity contribution in [2.45, 2.75) is 19.7 Å². The number of hydrogen-bond donors (Lipinski definition) is 1. The summed E-state index contributed by atoms with van der Waals surface area (Å²) in [5.74, 6) is 0.267. The van der Waals surface area contributed by atoms with Gasteiger partial charge in [-0.2, -0.15) is 13.2 Å². The minimum absolute atomic E-state index is 0.00540. The summed E-state index contributed by atoms with van der Waals surface area (Å²) in [6.45, 7) is 1.63. The van der Waals surface area contributed by atoms with Gasteiger partial charge in [0.1, 0.15) is 18.1 Å². The van der Waals surface area contributed by atoms with Crippen molar-refractivity contribution in [3.8, 4) is 5.75 Å². The van der Waals surface area contributed by atoms with E-state index >= 15 is 0 Å². The van der Waals surface area contributed by atoms with E-state index in [1.807, 2.05) is 0 Å². The molecular weight excluding hydrogens is 397 g/mol. The lowest BCUT2D eigenvalue weighted by atomic mass is 10.1. The molecule has 0 aliphatic heterocycles. The van der Waals surface area contributed by atoms with Crippen molar-refractivity contribution in [3.63, 3.8) is 0 Å². The van der Waals surface area contributed by atoms with Gasteiger partial charge in [-0.1, -0.05) is 22.8 Å². The second-order valence-corrected chi connectivity index (χ2v) is 6.28. The second-order valence-electron chi connectivity index (χ2n) is 5.84. The van der Waals surface area contributed by atoms with Crippen LogP contribution in [-0.4, -0.2) is 11.1 Å². The van der Waals surface area contributed by atoms with Gasteiger partial charge in [-0.25, -0.2) is 0 Å². The van der Waals surface area contributed by atoms with Crippen LogP contribution in [-0.2, 0) is 12.8 Å². The Balaban J connectivity index is 1.72. The minimum Gasteiger partial charge on any atom is -0.489 e. The molecule has 1 amide bonds. The van der Waals surface area contributed by atoms with E-state index in [4.69, 9.17) is 20.9 Å². The van der Waals surface area contributed by atoms with Gasteiger partial charge in [0.25, 0.3) is 5.91 Å². The fourth-order valence-corrected chi connectivity index (χ4v) is 2.56. The lowest BCUT2D eigenvalue weighted by Gasteiger charge is -2.09. The summed E-state index contributed by atoms with van der Waals surface area (Å²) in [7, 11) is 0. The molecule has 0 atom stereocenters. The van der Waals surface area contributed by atoms with Crippen molar-refractivity contribution in [1.82, 2.24) is 5.16 Å². The predicted molar refractivity (Wildman–Crippen MR) is 96.4 cm³/mol. The smallest absolute Gasteiger partial charge is 0.416 e. The highest BCUT2D eigenvalue weighted by Gasteiger charge is 2.30. The van der Waals surface area contributed by atoms with Crippen LogP contribution in [0.15, 0.2) is 53.1 Å². The number of ether oxygens (including phenoxy) is 1. The number of rotatable bonds is 5. The summed E-state index contributed by atoms with van der Waals surface area (Å²) in [4.78, 5) is 12.5. The van der Waals surface area contributed by atoms with Crippen molar-refractivity contribution in [2.75, 3.05) is 5.32 Å². The van der Waals surface area contributed by atoms with E-state index in [1.165, 1.54) is 0 Å². The molecule has 3 rings (SSSR count). The molecule has 0 saturated carbocycles. The first-order valence-electron chi connectivity index (χ1n) is 8.06. The van der Waals surface area contributed by atoms with E-state index < -0.39 is 17.6 Å². The van der Waals surface area contributed by atoms with Crippen LogP contribution in [0, 0.1) is 6.92 Å². The number of nitrogens with one attached hydrogen (secondary N) is 1. The molecule has 0 radical (unpaired) electrons. The van der Waals surface area contributed by atoms with E-state index in [1.54, 1.807) is 31.2 Å². The monoisotopic (exact) mass is 410 g/mol. The number of benzene rings is 2. The van der Waals surface area contributed by atoms with Gasteiger partial charge in [-0.05, 0) is 49.4 Å². The highest BCUT2D eigenvalue weighted by Crippen LogP contribution is 2.30. The van der Waals surface area contributed by atoms with Gasteiger partial charge >= 0.3 is 6.18 Å². The van der Waals surface area contributed by atoms with Gasteiger partial charge in [-0.3, -0.25) is 4.79 Å². The lowest BCUT2D eigenvalue weighted by Crippen LogP contribution is -2.15. The third kappa shape index (κ3) is 4.64. The van der Waals surface area contributed by atoms with Crippen molar-refractivity contribution in [2.24, 2.45) is 0 Å². The Kier molecular flexibility index (Phi) is 5.60. The van der Waals surface area contributed by atoms with Gasteiger partial charge in [0.05, 0.1) is 11.1 Å². The lowest BCUT2D eigenvalue weighted by molar-refractivity contribution is -0.137. The van der Waals surface area contributed by atoms with Crippen LogP contribution in [0.2, 0.25) is 5.02 Å². The summed E-state index contributed by atoms with van der Waals surface area (Å²) in [6.07, 6.45) is -4.45. The Morgan fingerprint density at radius 2 is 1.93 bits per heavy atom. The van der Waals surface area contributed by atoms with E-state index in [2.05, 4.69) is 10.5 Å². The summed E-state index contributed by atoms with van der Waals surface area (Å²) in [6, 6.07) is 10.8. The van der Waals surface area contributed by atoms with Crippen LogP contribution >= 0.6 is 11.6 Å². The van der Waals surface area contributed by atoms with E-state index in [0.29, 0.717) is 22.1 Å². The normalized spacial score (nSPS) is 11.3. The summed E-state index contributed by atoms with van der Waals surface area (Å²) in [5, 5.41) is 6.72. The fourth-order valence-electron chi connectivity index (χ4n) is 2.38. The Morgan fingerprint density at radius 3 is 2.57 bits per heavy atom. The number of alkyl halides is 3. The molecule has 0 bridgehead atoms. The molecule has 5 nitrogen and oxygen atoms in total. The van der Waals surface area contributed by atoms with Crippen molar-refractivity contribution in [1.29, 1.82) is 0 Å². The van der Waals surface area contributed by atoms with Gasteiger partial charge < -0.3 is 14.6 Å². The number of carbonyl (C=O) groups is 1. The first-order valence-corrected chi connectivity index (χ1v) is 8.44. The minimum atomic E-state index is -4.45. The topological polar surface area (TPSA) is 64.4 Å². The number of carbonyl (C=O) groups excluding carboxylic acids is 1. The summed E-state index contributed by atoms with van der Waals surface area (Å²) < 4.78 is 48.5. The van der Waals surface area contributed by atoms with Crippen LogP contribution in [0.1, 0.15) is 27.4 Å². The number of halogens is 4. The van der Waals surface area contributed by atoms with Crippen molar-refractivity contribution < 1.29 is 27.2 Å². The maximum absolute atomic E-state index is 12.6. The number of aryl methyl sites for hydroxylation is 1. The summed E-state index contributed by atoms with van der Waals surface area (Å²) in [5.41, 5.74) is -0.206. The standard InChI is InChI=1S/C19H14ClF3N2O3/c1-11-16(10-27-15-4-2-3-13(20)9-15)17(25-28-11)18(26)24-14-7-5-12(6-8-14)19(21,22)23/h2-9H,10H2,1H3,(H,24,26). The molecule has 0 aliphatic rings. The van der Waals surface area contributed by atoms with E-state index in [9.17, 15) is 18.0 Å². The zero-order chi connectivity index (χ0) is 20.3. The van der Waals surface area contributed by atoms with Crippen LogP contribution in [0.5, 0.6) is 5.75 Å². The molecule has 0 fully saturated rings. The highest BCUT2D eigenvalue weighted by molar-refractivity contribution is 6.30. The first-order chi connectivity index (χ1) is 13.2. The third-order valence-corrected chi connectivity index (χ3v) is 4.08. The molecular formula is C19H14ClF3N2O3. The van der Waals surface area contributed by atoms with Gasteiger partial charge in [0, 0.05) is 10.7 Å². The maximum Gasteiger partial charge on any atom is 0.416 e. The van der Waals surface area contributed by atoms with Gasteiger partial charge in [0.2, 0.25) is 0 Å². The summed E-state index contributed by atoms with van der Waals surface area (Å²) >= 11 is 5.90. The van der Waals surface area contributed by atoms with Crippen molar-refractivity contribution in [3.05, 3.63) is 76.1 Å². The van der Waals surface area contributed by atoms with Crippen LogP contribution < -0.4 is 10.1 Å².